The third-order valence-electron chi connectivity index (χ3n) is 5.38. The molecule has 4 rings (SSSR count). The molecule has 0 aliphatic carbocycles. The minimum absolute atomic E-state index is 0.00896. The number of fused-ring (bicyclic) bond motifs is 1. The van der Waals surface area contributed by atoms with Crippen LogP contribution in [0.1, 0.15) is 37.8 Å². The molecule has 2 amide bonds. The molecule has 1 aliphatic rings. The van der Waals surface area contributed by atoms with E-state index in [2.05, 4.69) is 5.16 Å². The second-order valence-corrected chi connectivity index (χ2v) is 9.87. The number of benzene rings is 2. The molecule has 35 heavy (non-hydrogen) atoms. The Morgan fingerprint density at radius 2 is 1.77 bits per heavy atom. The zero-order chi connectivity index (χ0) is 25.7. The molecule has 0 saturated carbocycles. The van der Waals surface area contributed by atoms with Crippen LogP contribution in [0.3, 0.4) is 0 Å². The van der Waals surface area contributed by atoms with E-state index in [9.17, 15) is 14.7 Å². The number of aliphatic hydroxyl groups is 1. The lowest BCUT2D eigenvalue weighted by molar-refractivity contribution is -0.112. The second kappa shape index (κ2) is 8.78. The van der Waals surface area contributed by atoms with Crippen molar-refractivity contribution in [1.82, 2.24) is 5.16 Å². The van der Waals surface area contributed by atoms with Gasteiger partial charge < -0.3 is 19.3 Å². The number of ether oxygens (including phenoxy) is 1. The van der Waals surface area contributed by atoms with Crippen molar-refractivity contribution >= 4 is 46.3 Å². The standard InChI is InChI=1S/C26H26ClN3O5/c1-14-11-21(35-28-14)23(31)22-18-12-17(15-7-9-16(10-8-15)29(5)6)19(27)13-20(18)30(24(22)32)25(33)34-26(2,3)4/h7-13,31H,1-6H3/b23-22+. The number of anilines is 2. The van der Waals surface area contributed by atoms with Gasteiger partial charge in [-0.3, -0.25) is 4.79 Å². The van der Waals surface area contributed by atoms with Crippen LogP contribution in [0.25, 0.3) is 22.5 Å². The van der Waals surface area contributed by atoms with Crippen molar-refractivity contribution < 1.29 is 24.0 Å². The van der Waals surface area contributed by atoms with Gasteiger partial charge in [0.2, 0.25) is 5.76 Å². The molecule has 0 fully saturated rings. The highest BCUT2D eigenvalue weighted by molar-refractivity contribution is 6.43. The Labute approximate surface area is 208 Å². The van der Waals surface area contributed by atoms with Crippen molar-refractivity contribution in [2.75, 3.05) is 23.9 Å². The van der Waals surface area contributed by atoms with Crippen molar-refractivity contribution in [2.45, 2.75) is 33.3 Å². The zero-order valence-corrected chi connectivity index (χ0v) is 21.1. The molecule has 9 heteroatoms. The molecule has 2 heterocycles. The molecule has 182 valence electrons. The topological polar surface area (TPSA) is 96.1 Å². The predicted molar refractivity (Wildman–Crippen MR) is 136 cm³/mol. The number of imide groups is 1. The van der Waals surface area contributed by atoms with E-state index >= 15 is 0 Å². The zero-order valence-electron chi connectivity index (χ0n) is 20.3. The van der Waals surface area contributed by atoms with Crippen LogP contribution in [0.2, 0.25) is 5.02 Å². The molecule has 0 spiro atoms. The van der Waals surface area contributed by atoms with E-state index in [1.54, 1.807) is 33.8 Å². The summed E-state index contributed by atoms with van der Waals surface area (Å²) in [6.07, 6.45) is -0.876. The number of aryl methyl sites for hydroxylation is 1. The summed E-state index contributed by atoms with van der Waals surface area (Å²) in [5, 5.41) is 15.1. The summed E-state index contributed by atoms with van der Waals surface area (Å²) in [4.78, 5) is 29.3. The van der Waals surface area contributed by atoms with Crippen LogP contribution in [-0.4, -0.2) is 42.0 Å². The van der Waals surface area contributed by atoms with Gasteiger partial charge >= 0.3 is 6.09 Å². The van der Waals surface area contributed by atoms with Crippen molar-refractivity contribution in [3.05, 3.63) is 64.5 Å². The second-order valence-electron chi connectivity index (χ2n) is 9.47. The molecule has 0 saturated heterocycles. The van der Waals surface area contributed by atoms with E-state index in [1.807, 2.05) is 43.3 Å². The Balaban J connectivity index is 1.91. The van der Waals surface area contributed by atoms with Gasteiger partial charge in [-0.1, -0.05) is 28.9 Å². The molecule has 2 aromatic carbocycles. The highest BCUT2D eigenvalue weighted by Gasteiger charge is 2.42. The first-order valence-corrected chi connectivity index (χ1v) is 11.3. The molecule has 0 radical (unpaired) electrons. The van der Waals surface area contributed by atoms with Gasteiger partial charge in [-0.05, 0) is 57.5 Å². The summed E-state index contributed by atoms with van der Waals surface area (Å²) in [5.74, 6) is -1.18. The lowest BCUT2D eigenvalue weighted by Crippen LogP contribution is -2.38. The van der Waals surface area contributed by atoms with Crippen LogP contribution in [0, 0.1) is 6.92 Å². The summed E-state index contributed by atoms with van der Waals surface area (Å²) >= 11 is 6.64. The highest BCUT2D eigenvalue weighted by atomic mass is 35.5. The molecule has 0 atom stereocenters. The lowest BCUT2D eigenvalue weighted by Gasteiger charge is -2.23. The van der Waals surface area contributed by atoms with Crippen LogP contribution in [0.4, 0.5) is 16.2 Å². The van der Waals surface area contributed by atoms with Crippen LogP contribution >= 0.6 is 11.6 Å². The first-order chi connectivity index (χ1) is 16.4. The lowest BCUT2D eigenvalue weighted by atomic mass is 9.98. The molecule has 0 unspecified atom stereocenters. The largest absolute Gasteiger partial charge is 0.504 e. The number of hydrogen-bond donors (Lipinski definition) is 1. The Morgan fingerprint density at radius 1 is 1.11 bits per heavy atom. The maximum Gasteiger partial charge on any atom is 0.422 e. The summed E-state index contributed by atoms with van der Waals surface area (Å²) in [6.45, 7) is 6.79. The number of nitrogens with zero attached hydrogens (tertiary/aromatic N) is 3. The number of rotatable bonds is 3. The van der Waals surface area contributed by atoms with Gasteiger partial charge in [0.1, 0.15) is 5.60 Å². The van der Waals surface area contributed by atoms with E-state index in [1.165, 1.54) is 12.1 Å². The maximum absolute atomic E-state index is 13.5. The molecule has 1 aromatic heterocycles. The van der Waals surface area contributed by atoms with E-state index in [0.717, 1.165) is 16.2 Å². The smallest absolute Gasteiger partial charge is 0.422 e. The molecule has 1 aliphatic heterocycles. The number of amides is 2. The fourth-order valence-electron chi connectivity index (χ4n) is 3.76. The van der Waals surface area contributed by atoms with Crippen molar-refractivity contribution in [2.24, 2.45) is 0 Å². The van der Waals surface area contributed by atoms with Gasteiger partial charge in [-0.2, -0.15) is 0 Å². The average molecular weight is 496 g/mol. The third kappa shape index (κ3) is 4.61. The number of hydrogen-bond acceptors (Lipinski definition) is 7. The van der Waals surface area contributed by atoms with Gasteiger partial charge in [0.05, 0.1) is 22.0 Å². The normalized spacial score (nSPS) is 14.7. The highest BCUT2D eigenvalue weighted by Crippen LogP contribution is 2.45. The van der Waals surface area contributed by atoms with Crippen LogP contribution in [0.5, 0.6) is 0 Å². The van der Waals surface area contributed by atoms with Crippen molar-refractivity contribution in [1.29, 1.82) is 0 Å². The van der Waals surface area contributed by atoms with E-state index in [4.69, 9.17) is 20.9 Å². The molecular formula is C26H26ClN3O5. The minimum Gasteiger partial charge on any atom is -0.504 e. The predicted octanol–water partition coefficient (Wildman–Crippen LogP) is 6.08. The summed E-state index contributed by atoms with van der Waals surface area (Å²) in [6, 6.07) is 12.4. The van der Waals surface area contributed by atoms with E-state index in [-0.39, 0.29) is 17.0 Å². The van der Waals surface area contributed by atoms with Crippen LogP contribution < -0.4 is 9.80 Å². The molecule has 3 aromatic rings. The maximum atomic E-state index is 13.5. The summed E-state index contributed by atoms with van der Waals surface area (Å²) in [5.41, 5.74) is 2.56. The summed E-state index contributed by atoms with van der Waals surface area (Å²) < 4.78 is 10.6. The van der Waals surface area contributed by atoms with Gasteiger partial charge in [-0.15, -0.1) is 0 Å². The van der Waals surface area contributed by atoms with Crippen LogP contribution in [-0.2, 0) is 9.53 Å². The van der Waals surface area contributed by atoms with E-state index in [0.29, 0.717) is 21.8 Å². The SMILES string of the molecule is Cc1cc(/C(O)=C2\C(=O)N(C(=O)OC(C)(C)C)c3cc(Cl)c(-c4ccc(N(C)C)cc4)cc32)on1. The Morgan fingerprint density at radius 3 is 2.31 bits per heavy atom. The molecule has 8 nitrogen and oxygen atoms in total. The Kier molecular flexibility index (Phi) is 6.11. The van der Waals surface area contributed by atoms with Gasteiger partial charge in [0, 0.05) is 37.0 Å². The van der Waals surface area contributed by atoms with Crippen LogP contribution in [0.15, 0.2) is 47.0 Å². The number of carbonyl (C=O) groups excluding carboxylic acids is 2. The molecule has 1 N–H and O–H groups in total. The number of halogens is 1. The van der Waals surface area contributed by atoms with Crippen molar-refractivity contribution in [3.8, 4) is 11.1 Å². The number of carbonyl (C=O) groups is 2. The van der Waals surface area contributed by atoms with Gasteiger partial charge in [0.15, 0.2) is 5.76 Å². The Bertz CT molecular complexity index is 1350. The number of aliphatic hydroxyl groups excluding tert-OH is 1. The molecule has 0 bridgehead atoms. The van der Waals surface area contributed by atoms with Gasteiger partial charge in [-0.25, -0.2) is 9.69 Å². The monoisotopic (exact) mass is 495 g/mol. The first-order valence-electron chi connectivity index (χ1n) is 10.9. The first kappa shape index (κ1) is 24.3. The molecular weight excluding hydrogens is 470 g/mol. The quantitative estimate of drug-likeness (QED) is 0.347. The minimum atomic E-state index is -0.876. The average Bonchev–Trinajstić information content (AvgIpc) is 3.31. The van der Waals surface area contributed by atoms with Crippen molar-refractivity contribution in [3.63, 3.8) is 0 Å². The Hall–Kier alpha value is -3.78. The fraction of sp³-hybridized carbons (Fsp3) is 0.269. The van der Waals surface area contributed by atoms with E-state index < -0.39 is 23.4 Å². The fourth-order valence-corrected chi connectivity index (χ4v) is 4.03. The van der Waals surface area contributed by atoms with Gasteiger partial charge in [0.25, 0.3) is 5.91 Å². The number of aromatic nitrogens is 1. The third-order valence-corrected chi connectivity index (χ3v) is 5.69. The summed E-state index contributed by atoms with van der Waals surface area (Å²) in [7, 11) is 3.89.